The zero-order valence-electron chi connectivity index (χ0n) is 5.64. The summed E-state index contributed by atoms with van der Waals surface area (Å²) in [5.41, 5.74) is 2.65. The first kappa shape index (κ1) is 7.50. The molecule has 8 heavy (non-hydrogen) atoms. The predicted molar refractivity (Wildman–Crippen MR) is 34.2 cm³/mol. The molecule has 2 heteroatoms. The van der Waals surface area contributed by atoms with Crippen molar-refractivity contribution in [3.63, 3.8) is 0 Å². The van der Waals surface area contributed by atoms with E-state index in [1.165, 1.54) is 0 Å². The number of hydrogen-bond donors (Lipinski definition) is 1. The Morgan fingerprint density at radius 3 is 2.50 bits per heavy atom. The summed E-state index contributed by atoms with van der Waals surface area (Å²) >= 11 is 0. The van der Waals surface area contributed by atoms with E-state index in [0.717, 1.165) is 0 Å². The molecular formula is C6H13NO. The first-order chi connectivity index (χ1) is 3.77. The van der Waals surface area contributed by atoms with E-state index in [9.17, 15) is 0 Å². The van der Waals surface area contributed by atoms with Gasteiger partial charge in [-0.2, -0.15) is 0 Å². The zero-order chi connectivity index (χ0) is 6.41. The molecule has 0 aliphatic rings. The van der Waals surface area contributed by atoms with Crippen LogP contribution in [0.4, 0.5) is 0 Å². The van der Waals surface area contributed by atoms with E-state index in [4.69, 9.17) is 4.84 Å². The van der Waals surface area contributed by atoms with Gasteiger partial charge in [0.05, 0.1) is 6.10 Å². The number of rotatable bonds is 3. The number of nitrogens with one attached hydrogen (secondary N) is 1. The standard InChI is InChI=1S/C6H13NO/c1-4-5-7-8-6(2)3/h4-7H,1-3H3/b5-4+. The summed E-state index contributed by atoms with van der Waals surface area (Å²) in [5, 5.41) is 0. The summed E-state index contributed by atoms with van der Waals surface area (Å²) < 4.78 is 0. The largest absolute Gasteiger partial charge is 0.274 e. The lowest BCUT2D eigenvalue weighted by Crippen LogP contribution is -2.12. The third kappa shape index (κ3) is 5.50. The fourth-order valence-electron chi connectivity index (χ4n) is 0.243. The van der Waals surface area contributed by atoms with E-state index in [2.05, 4.69) is 5.48 Å². The Labute approximate surface area is 50.5 Å². The molecule has 0 aromatic heterocycles. The van der Waals surface area contributed by atoms with Gasteiger partial charge in [-0.05, 0) is 20.8 Å². The predicted octanol–water partition coefficient (Wildman–Crippen LogP) is 1.45. The fraction of sp³-hybridized carbons (Fsp3) is 0.667. The Morgan fingerprint density at radius 2 is 2.12 bits per heavy atom. The van der Waals surface area contributed by atoms with Gasteiger partial charge in [0.25, 0.3) is 0 Å². The molecule has 0 aliphatic heterocycles. The van der Waals surface area contributed by atoms with Gasteiger partial charge in [-0.25, -0.2) is 0 Å². The molecule has 0 unspecified atom stereocenters. The van der Waals surface area contributed by atoms with Crippen LogP contribution in [-0.4, -0.2) is 6.10 Å². The van der Waals surface area contributed by atoms with Crippen LogP contribution in [-0.2, 0) is 4.84 Å². The van der Waals surface area contributed by atoms with Gasteiger partial charge in [0.2, 0.25) is 0 Å². The quantitative estimate of drug-likeness (QED) is 0.562. The summed E-state index contributed by atoms with van der Waals surface area (Å²) in [6.07, 6.45) is 3.87. The van der Waals surface area contributed by atoms with E-state index in [1.54, 1.807) is 6.20 Å². The Kier molecular flexibility index (Phi) is 4.36. The summed E-state index contributed by atoms with van der Waals surface area (Å²) in [5.74, 6) is 0. The minimum absolute atomic E-state index is 0.242. The second-order valence-electron chi connectivity index (χ2n) is 1.78. The summed E-state index contributed by atoms with van der Waals surface area (Å²) in [6, 6.07) is 0. The maximum absolute atomic E-state index is 4.95. The zero-order valence-corrected chi connectivity index (χ0v) is 5.64. The molecule has 0 atom stereocenters. The van der Waals surface area contributed by atoms with Crippen LogP contribution in [0, 0.1) is 0 Å². The molecule has 0 fully saturated rings. The SMILES string of the molecule is C/C=C/NOC(C)C. The van der Waals surface area contributed by atoms with Crippen LogP contribution < -0.4 is 5.48 Å². The van der Waals surface area contributed by atoms with Crippen LogP contribution in [0.1, 0.15) is 20.8 Å². The molecule has 0 aromatic carbocycles. The summed E-state index contributed by atoms with van der Waals surface area (Å²) in [7, 11) is 0. The highest BCUT2D eigenvalue weighted by Gasteiger charge is 1.85. The number of allylic oxidation sites excluding steroid dienone is 1. The molecule has 0 saturated carbocycles. The highest BCUT2D eigenvalue weighted by molar-refractivity contribution is 4.69. The molecule has 0 aliphatic carbocycles. The van der Waals surface area contributed by atoms with Crippen molar-refractivity contribution < 1.29 is 4.84 Å². The topological polar surface area (TPSA) is 21.3 Å². The molecular weight excluding hydrogens is 102 g/mol. The lowest BCUT2D eigenvalue weighted by Gasteiger charge is -2.03. The second-order valence-corrected chi connectivity index (χ2v) is 1.78. The third-order valence-corrected chi connectivity index (χ3v) is 0.538. The van der Waals surface area contributed by atoms with Gasteiger partial charge in [0.15, 0.2) is 0 Å². The van der Waals surface area contributed by atoms with E-state index in [1.807, 2.05) is 26.8 Å². The first-order valence-electron chi connectivity index (χ1n) is 2.79. The van der Waals surface area contributed by atoms with Gasteiger partial charge in [-0.3, -0.25) is 10.3 Å². The average Bonchev–Trinajstić information content (AvgIpc) is 1.66. The van der Waals surface area contributed by atoms with Crippen molar-refractivity contribution in [1.82, 2.24) is 5.48 Å². The minimum atomic E-state index is 0.242. The lowest BCUT2D eigenvalue weighted by atomic mass is 10.5. The van der Waals surface area contributed by atoms with Crippen molar-refractivity contribution >= 4 is 0 Å². The molecule has 0 bridgehead atoms. The molecule has 0 rings (SSSR count). The molecule has 2 nitrogen and oxygen atoms in total. The fourth-order valence-corrected chi connectivity index (χ4v) is 0.243. The van der Waals surface area contributed by atoms with Crippen molar-refractivity contribution in [2.45, 2.75) is 26.9 Å². The molecule has 0 spiro atoms. The van der Waals surface area contributed by atoms with Crippen LogP contribution in [0.3, 0.4) is 0 Å². The van der Waals surface area contributed by atoms with Gasteiger partial charge in [-0.1, -0.05) is 6.08 Å². The van der Waals surface area contributed by atoms with Crippen LogP contribution in [0.25, 0.3) is 0 Å². The van der Waals surface area contributed by atoms with Gasteiger partial charge >= 0.3 is 0 Å². The van der Waals surface area contributed by atoms with Gasteiger partial charge in [0, 0.05) is 6.20 Å². The highest BCUT2D eigenvalue weighted by atomic mass is 16.7. The maximum Gasteiger partial charge on any atom is 0.0797 e. The van der Waals surface area contributed by atoms with Crippen molar-refractivity contribution in [3.8, 4) is 0 Å². The van der Waals surface area contributed by atoms with Crippen molar-refractivity contribution in [2.24, 2.45) is 0 Å². The van der Waals surface area contributed by atoms with E-state index in [-0.39, 0.29) is 6.10 Å². The molecule has 0 radical (unpaired) electrons. The smallest absolute Gasteiger partial charge is 0.0797 e. The van der Waals surface area contributed by atoms with Crippen molar-refractivity contribution in [3.05, 3.63) is 12.3 Å². The molecule has 0 aromatic rings. The Balaban J connectivity index is 2.93. The van der Waals surface area contributed by atoms with Crippen LogP contribution >= 0.6 is 0 Å². The normalized spacial score (nSPS) is 11.0. The Hall–Kier alpha value is -0.500. The maximum atomic E-state index is 4.95. The number of hydroxylamine groups is 1. The van der Waals surface area contributed by atoms with E-state index in [0.29, 0.717) is 0 Å². The summed E-state index contributed by atoms with van der Waals surface area (Å²) in [6.45, 7) is 5.86. The summed E-state index contributed by atoms with van der Waals surface area (Å²) in [4.78, 5) is 4.95. The monoisotopic (exact) mass is 115 g/mol. The van der Waals surface area contributed by atoms with E-state index < -0.39 is 0 Å². The molecule has 0 heterocycles. The van der Waals surface area contributed by atoms with Crippen molar-refractivity contribution in [1.29, 1.82) is 0 Å². The van der Waals surface area contributed by atoms with Crippen molar-refractivity contribution in [2.75, 3.05) is 0 Å². The van der Waals surface area contributed by atoms with E-state index >= 15 is 0 Å². The van der Waals surface area contributed by atoms with Gasteiger partial charge < -0.3 is 0 Å². The second kappa shape index (κ2) is 4.65. The molecule has 0 amide bonds. The van der Waals surface area contributed by atoms with Gasteiger partial charge in [0.1, 0.15) is 0 Å². The average molecular weight is 115 g/mol. The highest BCUT2D eigenvalue weighted by Crippen LogP contribution is 1.80. The Bertz CT molecular complexity index is 68.9. The van der Waals surface area contributed by atoms with Crippen LogP contribution in [0.15, 0.2) is 12.3 Å². The lowest BCUT2D eigenvalue weighted by molar-refractivity contribution is 0.0211. The van der Waals surface area contributed by atoms with Gasteiger partial charge in [-0.15, -0.1) is 0 Å². The third-order valence-electron chi connectivity index (χ3n) is 0.538. The van der Waals surface area contributed by atoms with Crippen LogP contribution in [0.2, 0.25) is 0 Å². The molecule has 0 saturated heterocycles. The van der Waals surface area contributed by atoms with Crippen LogP contribution in [0.5, 0.6) is 0 Å². The Morgan fingerprint density at radius 1 is 1.50 bits per heavy atom. The molecule has 48 valence electrons. The molecule has 1 N–H and O–H groups in total. The minimum Gasteiger partial charge on any atom is -0.274 e. The number of hydrogen-bond acceptors (Lipinski definition) is 2. The first-order valence-corrected chi connectivity index (χ1v) is 2.79.